The Morgan fingerprint density at radius 2 is 2.10 bits per heavy atom. The minimum atomic E-state index is -0.563. The Hall–Kier alpha value is -1.81. The van der Waals surface area contributed by atoms with Crippen LogP contribution in [-0.4, -0.2) is 20.8 Å². The van der Waals surface area contributed by atoms with E-state index >= 15 is 0 Å². The van der Waals surface area contributed by atoms with E-state index in [1.54, 1.807) is 13.0 Å². The molecule has 7 nitrogen and oxygen atoms in total. The Balaban J connectivity index is 2.31. The summed E-state index contributed by atoms with van der Waals surface area (Å²) in [6, 6.07) is 5.58. The molecular formula is C12H8ClIN4O3. The normalized spacial score (nSPS) is 10.2. The van der Waals surface area contributed by atoms with Crippen LogP contribution in [0.3, 0.4) is 0 Å². The number of aryl methyl sites for hydroxylation is 1. The van der Waals surface area contributed by atoms with Gasteiger partial charge in [-0.3, -0.25) is 20.2 Å². The highest BCUT2D eigenvalue weighted by Crippen LogP contribution is 2.20. The average Bonchev–Trinajstić information content (AvgIpc) is 2.37. The number of non-ortho nitro benzene ring substituents is 1. The van der Waals surface area contributed by atoms with Crippen molar-refractivity contribution in [2.24, 2.45) is 0 Å². The number of halogens is 2. The van der Waals surface area contributed by atoms with Crippen LogP contribution in [0.25, 0.3) is 0 Å². The van der Waals surface area contributed by atoms with Crippen LogP contribution in [0.5, 0.6) is 0 Å². The monoisotopic (exact) mass is 418 g/mol. The van der Waals surface area contributed by atoms with Gasteiger partial charge in [-0.2, -0.15) is 0 Å². The largest absolute Gasteiger partial charge is 0.290 e. The van der Waals surface area contributed by atoms with Crippen molar-refractivity contribution in [3.05, 3.63) is 54.4 Å². The minimum Gasteiger partial charge on any atom is -0.290 e. The number of carbonyl (C=O) groups is 1. The molecule has 1 heterocycles. The van der Waals surface area contributed by atoms with Gasteiger partial charge in [0.2, 0.25) is 5.95 Å². The van der Waals surface area contributed by atoms with Crippen molar-refractivity contribution in [1.82, 2.24) is 9.97 Å². The van der Waals surface area contributed by atoms with Gasteiger partial charge in [0, 0.05) is 21.4 Å². The first kappa shape index (κ1) is 15.6. The van der Waals surface area contributed by atoms with Gasteiger partial charge in [0.05, 0.1) is 10.5 Å². The molecule has 0 aliphatic heterocycles. The van der Waals surface area contributed by atoms with Gasteiger partial charge < -0.3 is 0 Å². The fourth-order valence-corrected chi connectivity index (χ4v) is 2.37. The van der Waals surface area contributed by atoms with Crippen LogP contribution in [0.15, 0.2) is 24.3 Å². The Kier molecular flexibility index (Phi) is 4.68. The molecule has 9 heteroatoms. The maximum absolute atomic E-state index is 12.2. The van der Waals surface area contributed by atoms with Crippen molar-refractivity contribution >= 4 is 51.7 Å². The molecule has 0 aliphatic carbocycles. The van der Waals surface area contributed by atoms with Crippen molar-refractivity contribution < 1.29 is 9.72 Å². The van der Waals surface area contributed by atoms with Crippen molar-refractivity contribution in [2.45, 2.75) is 6.92 Å². The summed E-state index contributed by atoms with van der Waals surface area (Å²) in [6.45, 7) is 1.71. The molecule has 0 saturated heterocycles. The third kappa shape index (κ3) is 3.85. The lowest BCUT2D eigenvalue weighted by Gasteiger charge is -2.06. The standard InChI is InChI=1S/C12H8ClIN4O3/c1-6-4-10(13)16-12(15-6)17-11(19)8-5-7(18(20)21)2-3-9(8)14/h2-5H,1H3,(H,15,16,17,19). The smallest absolute Gasteiger partial charge is 0.270 e. The fraction of sp³-hybridized carbons (Fsp3) is 0.0833. The number of hydrogen-bond acceptors (Lipinski definition) is 5. The number of carbonyl (C=O) groups excluding carboxylic acids is 1. The molecule has 2 rings (SSSR count). The molecule has 1 amide bonds. The summed E-state index contributed by atoms with van der Waals surface area (Å²) < 4.78 is 0.578. The number of amides is 1. The molecule has 0 aliphatic rings. The number of nitrogens with zero attached hydrogens (tertiary/aromatic N) is 3. The van der Waals surface area contributed by atoms with Crippen molar-refractivity contribution in [2.75, 3.05) is 5.32 Å². The van der Waals surface area contributed by atoms with Gasteiger partial charge in [-0.15, -0.1) is 0 Å². The van der Waals surface area contributed by atoms with Crippen LogP contribution in [0.1, 0.15) is 16.1 Å². The molecule has 0 atom stereocenters. The highest BCUT2D eigenvalue weighted by molar-refractivity contribution is 14.1. The highest BCUT2D eigenvalue weighted by atomic mass is 127. The molecule has 0 spiro atoms. The molecule has 21 heavy (non-hydrogen) atoms. The SMILES string of the molecule is Cc1cc(Cl)nc(NC(=O)c2cc([N+](=O)[O-])ccc2I)n1. The maximum atomic E-state index is 12.2. The zero-order valence-corrected chi connectivity index (χ0v) is 13.5. The summed E-state index contributed by atoms with van der Waals surface area (Å²) in [7, 11) is 0. The average molecular weight is 419 g/mol. The van der Waals surface area contributed by atoms with Crippen LogP contribution in [0, 0.1) is 20.6 Å². The third-order valence-electron chi connectivity index (χ3n) is 2.45. The van der Waals surface area contributed by atoms with Crippen LogP contribution >= 0.6 is 34.2 Å². The van der Waals surface area contributed by atoms with E-state index < -0.39 is 10.8 Å². The van der Waals surface area contributed by atoms with Gasteiger partial charge in [0.25, 0.3) is 11.6 Å². The van der Waals surface area contributed by atoms with Crippen LogP contribution < -0.4 is 5.32 Å². The van der Waals surface area contributed by atoms with Gasteiger partial charge >= 0.3 is 0 Å². The Labute approximate surface area is 138 Å². The van der Waals surface area contributed by atoms with E-state index in [1.165, 1.54) is 18.2 Å². The van der Waals surface area contributed by atoms with E-state index in [9.17, 15) is 14.9 Å². The maximum Gasteiger partial charge on any atom is 0.270 e. The predicted octanol–water partition coefficient (Wildman–Crippen LogP) is 3.20. The molecule has 0 saturated carbocycles. The quantitative estimate of drug-likeness (QED) is 0.357. The van der Waals surface area contributed by atoms with Gasteiger partial charge in [-0.1, -0.05) is 11.6 Å². The van der Waals surface area contributed by atoms with E-state index in [1.807, 2.05) is 22.6 Å². The summed E-state index contributed by atoms with van der Waals surface area (Å²) >= 11 is 7.71. The van der Waals surface area contributed by atoms with Crippen LogP contribution in [-0.2, 0) is 0 Å². The van der Waals surface area contributed by atoms with E-state index in [0.29, 0.717) is 9.26 Å². The molecular weight excluding hydrogens is 411 g/mol. The second-order valence-electron chi connectivity index (χ2n) is 4.03. The van der Waals surface area contributed by atoms with E-state index in [0.717, 1.165) is 0 Å². The molecule has 2 aromatic rings. The van der Waals surface area contributed by atoms with Gasteiger partial charge in [0.15, 0.2) is 0 Å². The third-order valence-corrected chi connectivity index (χ3v) is 3.59. The predicted molar refractivity (Wildman–Crippen MR) is 85.5 cm³/mol. The lowest BCUT2D eigenvalue weighted by Crippen LogP contribution is -2.16. The first-order valence-electron chi connectivity index (χ1n) is 5.63. The molecule has 0 fully saturated rings. The first-order chi connectivity index (χ1) is 9.86. The molecule has 1 N–H and O–H groups in total. The molecule has 0 unspecified atom stereocenters. The minimum absolute atomic E-state index is 0.0484. The number of nitro groups is 1. The molecule has 1 aromatic carbocycles. The number of aromatic nitrogens is 2. The second-order valence-corrected chi connectivity index (χ2v) is 5.58. The molecule has 0 bridgehead atoms. The number of nitro benzene ring substituents is 1. The molecule has 1 aromatic heterocycles. The zero-order chi connectivity index (χ0) is 15.6. The lowest BCUT2D eigenvalue weighted by atomic mass is 10.2. The van der Waals surface area contributed by atoms with Gasteiger partial charge in [-0.25, -0.2) is 9.97 Å². The molecule has 0 radical (unpaired) electrons. The Morgan fingerprint density at radius 3 is 2.71 bits per heavy atom. The van der Waals surface area contributed by atoms with Gasteiger partial charge in [0.1, 0.15) is 5.15 Å². The van der Waals surface area contributed by atoms with Gasteiger partial charge in [-0.05, 0) is 41.6 Å². The number of benzene rings is 1. The number of rotatable bonds is 3. The zero-order valence-electron chi connectivity index (χ0n) is 10.6. The summed E-state index contributed by atoms with van der Waals surface area (Å²) in [5.74, 6) is -0.489. The van der Waals surface area contributed by atoms with E-state index in [2.05, 4.69) is 15.3 Å². The Bertz CT molecular complexity index is 718. The van der Waals surface area contributed by atoms with Crippen LogP contribution in [0.2, 0.25) is 5.15 Å². The summed E-state index contributed by atoms with van der Waals surface area (Å²) in [5.41, 5.74) is 0.605. The highest BCUT2D eigenvalue weighted by Gasteiger charge is 2.16. The van der Waals surface area contributed by atoms with E-state index in [4.69, 9.17) is 11.6 Å². The lowest BCUT2D eigenvalue weighted by molar-refractivity contribution is -0.384. The van der Waals surface area contributed by atoms with Crippen molar-refractivity contribution in [3.63, 3.8) is 0 Å². The van der Waals surface area contributed by atoms with E-state index in [-0.39, 0.29) is 22.4 Å². The summed E-state index contributed by atoms with van der Waals surface area (Å²) in [5, 5.41) is 13.4. The van der Waals surface area contributed by atoms with Crippen molar-refractivity contribution in [3.8, 4) is 0 Å². The number of anilines is 1. The Morgan fingerprint density at radius 1 is 1.38 bits per heavy atom. The summed E-state index contributed by atoms with van der Waals surface area (Å²) in [4.78, 5) is 30.3. The number of hydrogen-bond donors (Lipinski definition) is 1. The fourth-order valence-electron chi connectivity index (χ4n) is 1.56. The number of nitrogens with one attached hydrogen (secondary N) is 1. The van der Waals surface area contributed by atoms with Crippen molar-refractivity contribution in [1.29, 1.82) is 0 Å². The summed E-state index contributed by atoms with van der Waals surface area (Å²) in [6.07, 6.45) is 0. The first-order valence-corrected chi connectivity index (χ1v) is 7.09. The topological polar surface area (TPSA) is 98.0 Å². The van der Waals surface area contributed by atoms with Crippen LogP contribution in [0.4, 0.5) is 11.6 Å². The second kappa shape index (κ2) is 6.31. The molecule has 108 valence electrons.